The Morgan fingerprint density at radius 1 is 1.20 bits per heavy atom. The first-order chi connectivity index (χ1) is 11.8. The van der Waals surface area contributed by atoms with Crippen LogP contribution in [-0.2, 0) is 14.3 Å². The molecule has 2 amide bonds. The first-order valence-corrected chi connectivity index (χ1v) is 7.82. The van der Waals surface area contributed by atoms with E-state index in [0.29, 0.717) is 11.3 Å². The zero-order chi connectivity index (χ0) is 18.6. The second-order valence-corrected chi connectivity index (χ2v) is 5.71. The molecule has 0 saturated heterocycles. The van der Waals surface area contributed by atoms with Crippen LogP contribution in [0.4, 0.5) is 0 Å². The Morgan fingerprint density at radius 2 is 1.88 bits per heavy atom. The van der Waals surface area contributed by atoms with E-state index in [2.05, 4.69) is 10.3 Å². The number of nitrogens with one attached hydrogen (secondary N) is 1. The van der Waals surface area contributed by atoms with Gasteiger partial charge in [-0.3, -0.25) is 14.6 Å². The molecule has 25 heavy (non-hydrogen) atoms. The van der Waals surface area contributed by atoms with Crippen molar-refractivity contribution in [1.29, 1.82) is 0 Å². The van der Waals surface area contributed by atoms with E-state index in [9.17, 15) is 14.4 Å². The molecular weight excluding hydrogens is 322 g/mol. The number of nitrogens with zero attached hydrogens (tertiary/aromatic N) is 2. The topological polar surface area (TPSA) is 88.6 Å². The highest BCUT2D eigenvalue weighted by Crippen LogP contribution is 2.23. The summed E-state index contributed by atoms with van der Waals surface area (Å²) in [6.07, 6.45) is 0. The summed E-state index contributed by atoms with van der Waals surface area (Å²) >= 11 is 0. The van der Waals surface area contributed by atoms with E-state index in [1.165, 1.54) is 19.0 Å². The highest BCUT2D eigenvalue weighted by molar-refractivity contribution is 5.99. The van der Waals surface area contributed by atoms with Crippen LogP contribution in [0.2, 0.25) is 0 Å². The summed E-state index contributed by atoms with van der Waals surface area (Å²) in [5.41, 5.74) is 2.47. The summed E-state index contributed by atoms with van der Waals surface area (Å²) in [4.78, 5) is 41.3. The lowest BCUT2D eigenvalue weighted by atomic mass is 10.0. The van der Waals surface area contributed by atoms with Crippen LogP contribution >= 0.6 is 0 Å². The number of pyridine rings is 1. The van der Waals surface area contributed by atoms with E-state index in [1.54, 1.807) is 6.92 Å². The summed E-state index contributed by atoms with van der Waals surface area (Å²) in [7, 11) is 2.96. The minimum absolute atomic E-state index is 0.0948. The van der Waals surface area contributed by atoms with Crippen LogP contribution in [0, 0.1) is 13.8 Å². The fourth-order valence-electron chi connectivity index (χ4n) is 2.52. The summed E-state index contributed by atoms with van der Waals surface area (Å²) in [6.45, 7) is 3.03. The zero-order valence-electron chi connectivity index (χ0n) is 14.8. The van der Waals surface area contributed by atoms with Gasteiger partial charge in [-0.1, -0.05) is 18.2 Å². The summed E-state index contributed by atoms with van der Waals surface area (Å²) < 4.78 is 5.13. The molecule has 0 fully saturated rings. The Bertz CT molecular complexity index is 832. The molecule has 2 aromatic rings. The standard InChI is InChI=1S/C18H21N3O4/c1-11-13-7-5-6-8-14(13)20-12(2)17(11)18(24)25-10-16(23)21(4)9-15(22)19-3/h5-8H,9-10H2,1-4H3,(H,19,22). The first kappa shape index (κ1) is 18.4. The van der Waals surface area contributed by atoms with Crippen LogP contribution in [0.1, 0.15) is 21.6 Å². The molecule has 132 valence electrons. The number of fused-ring (bicyclic) bond motifs is 1. The second-order valence-electron chi connectivity index (χ2n) is 5.71. The molecule has 0 radical (unpaired) electrons. The quantitative estimate of drug-likeness (QED) is 0.825. The third-order valence-electron chi connectivity index (χ3n) is 3.95. The zero-order valence-corrected chi connectivity index (χ0v) is 14.8. The molecule has 0 aliphatic rings. The maximum Gasteiger partial charge on any atom is 0.340 e. The van der Waals surface area contributed by atoms with E-state index in [1.807, 2.05) is 31.2 Å². The van der Waals surface area contributed by atoms with Gasteiger partial charge in [-0.25, -0.2) is 4.79 Å². The Kier molecular flexibility index (Phi) is 5.69. The van der Waals surface area contributed by atoms with Crippen LogP contribution in [0.15, 0.2) is 24.3 Å². The van der Waals surface area contributed by atoms with Gasteiger partial charge in [-0.15, -0.1) is 0 Å². The minimum atomic E-state index is -0.602. The van der Waals surface area contributed by atoms with Crippen molar-refractivity contribution < 1.29 is 19.1 Å². The fraction of sp³-hybridized carbons (Fsp3) is 0.333. The number of carbonyl (C=O) groups is 3. The van der Waals surface area contributed by atoms with Crippen molar-refractivity contribution in [3.63, 3.8) is 0 Å². The molecule has 1 aromatic heterocycles. The van der Waals surface area contributed by atoms with E-state index in [4.69, 9.17) is 4.74 Å². The monoisotopic (exact) mass is 343 g/mol. The number of likely N-dealkylation sites (N-methyl/N-ethyl adjacent to an activating group) is 2. The van der Waals surface area contributed by atoms with E-state index >= 15 is 0 Å². The lowest BCUT2D eigenvalue weighted by molar-refractivity contribution is -0.137. The number of benzene rings is 1. The van der Waals surface area contributed by atoms with Gasteiger partial charge in [0.25, 0.3) is 5.91 Å². The first-order valence-electron chi connectivity index (χ1n) is 7.82. The van der Waals surface area contributed by atoms with Gasteiger partial charge in [0.05, 0.1) is 23.3 Å². The predicted molar refractivity (Wildman–Crippen MR) is 93.2 cm³/mol. The molecule has 0 saturated carbocycles. The minimum Gasteiger partial charge on any atom is -0.452 e. The highest BCUT2D eigenvalue weighted by Gasteiger charge is 2.20. The van der Waals surface area contributed by atoms with Crippen LogP contribution < -0.4 is 5.32 Å². The molecule has 1 aromatic carbocycles. The molecule has 7 heteroatoms. The molecular formula is C18H21N3O4. The van der Waals surface area contributed by atoms with Crippen LogP contribution in [-0.4, -0.2) is 54.9 Å². The molecule has 0 aliphatic carbocycles. The largest absolute Gasteiger partial charge is 0.452 e. The molecule has 0 atom stereocenters. The lowest BCUT2D eigenvalue weighted by Crippen LogP contribution is -2.39. The molecule has 0 unspecified atom stereocenters. The maximum absolute atomic E-state index is 12.4. The molecule has 1 N–H and O–H groups in total. The third-order valence-corrected chi connectivity index (χ3v) is 3.95. The third kappa shape index (κ3) is 4.12. The molecule has 1 heterocycles. The number of ether oxygens (including phenoxy) is 1. The van der Waals surface area contributed by atoms with Gasteiger partial charge in [0.1, 0.15) is 0 Å². The number of hydrogen-bond acceptors (Lipinski definition) is 5. The Hall–Kier alpha value is -2.96. The normalized spacial score (nSPS) is 10.4. The molecule has 0 aliphatic heterocycles. The summed E-state index contributed by atoms with van der Waals surface area (Å²) in [6, 6.07) is 7.52. The van der Waals surface area contributed by atoms with E-state index < -0.39 is 18.5 Å². The Labute approximate surface area is 146 Å². The van der Waals surface area contributed by atoms with Gasteiger partial charge in [0.15, 0.2) is 6.61 Å². The number of hydrogen-bond donors (Lipinski definition) is 1. The van der Waals surface area contributed by atoms with Crippen molar-refractivity contribution in [2.24, 2.45) is 0 Å². The SMILES string of the molecule is CNC(=O)CN(C)C(=O)COC(=O)c1c(C)nc2ccccc2c1C. The summed E-state index contributed by atoms with van der Waals surface area (Å²) in [5, 5.41) is 3.29. The molecule has 7 nitrogen and oxygen atoms in total. The number of esters is 1. The van der Waals surface area contributed by atoms with Gasteiger partial charge in [0, 0.05) is 19.5 Å². The van der Waals surface area contributed by atoms with Crippen LogP contribution in [0.25, 0.3) is 10.9 Å². The molecule has 0 bridgehead atoms. The summed E-state index contributed by atoms with van der Waals surface area (Å²) in [5.74, 6) is -1.36. The van der Waals surface area contributed by atoms with Crippen LogP contribution in [0.3, 0.4) is 0 Å². The van der Waals surface area contributed by atoms with Crippen LogP contribution in [0.5, 0.6) is 0 Å². The van der Waals surface area contributed by atoms with Gasteiger partial charge in [-0.2, -0.15) is 0 Å². The second kappa shape index (κ2) is 7.74. The Balaban J connectivity index is 2.12. The number of carbonyl (C=O) groups excluding carboxylic acids is 3. The lowest BCUT2D eigenvalue weighted by Gasteiger charge is -2.16. The van der Waals surface area contributed by atoms with Crippen molar-refractivity contribution in [2.45, 2.75) is 13.8 Å². The number of rotatable bonds is 5. The predicted octanol–water partition coefficient (Wildman–Crippen LogP) is 1.21. The smallest absolute Gasteiger partial charge is 0.340 e. The highest BCUT2D eigenvalue weighted by atomic mass is 16.5. The van der Waals surface area contributed by atoms with Crippen molar-refractivity contribution in [3.05, 3.63) is 41.1 Å². The van der Waals surface area contributed by atoms with E-state index in [-0.39, 0.29) is 12.5 Å². The van der Waals surface area contributed by atoms with E-state index in [0.717, 1.165) is 16.5 Å². The van der Waals surface area contributed by atoms with Crippen molar-refractivity contribution in [3.8, 4) is 0 Å². The van der Waals surface area contributed by atoms with Gasteiger partial charge in [-0.05, 0) is 25.5 Å². The van der Waals surface area contributed by atoms with Gasteiger partial charge < -0.3 is 15.0 Å². The molecule has 0 spiro atoms. The average molecular weight is 343 g/mol. The number of aromatic nitrogens is 1. The average Bonchev–Trinajstić information content (AvgIpc) is 2.59. The van der Waals surface area contributed by atoms with Crippen molar-refractivity contribution >= 4 is 28.7 Å². The Morgan fingerprint density at radius 3 is 2.56 bits per heavy atom. The van der Waals surface area contributed by atoms with Gasteiger partial charge in [0.2, 0.25) is 5.91 Å². The number of aryl methyl sites for hydroxylation is 2. The van der Waals surface area contributed by atoms with Crippen molar-refractivity contribution in [2.75, 3.05) is 27.2 Å². The fourth-order valence-corrected chi connectivity index (χ4v) is 2.52. The molecule has 2 rings (SSSR count). The number of amides is 2. The maximum atomic E-state index is 12.4. The van der Waals surface area contributed by atoms with Gasteiger partial charge >= 0.3 is 5.97 Å². The number of para-hydroxylation sites is 1. The van der Waals surface area contributed by atoms with Crippen molar-refractivity contribution in [1.82, 2.24) is 15.2 Å².